The summed E-state index contributed by atoms with van der Waals surface area (Å²) in [5, 5.41) is 4.05. The number of ether oxygens (including phenoxy) is 2. The lowest BCUT2D eigenvalue weighted by Gasteiger charge is -2.31. The molecule has 2 aliphatic rings. The van der Waals surface area contributed by atoms with Crippen molar-refractivity contribution in [3.63, 3.8) is 0 Å². The van der Waals surface area contributed by atoms with E-state index in [1.807, 2.05) is 66.7 Å². The van der Waals surface area contributed by atoms with Crippen molar-refractivity contribution in [3.8, 4) is 11.1 Å². The fourth-order valence-electron chi connectivity index (χ4n) is 7.41. The van der Waals surface area contributed by atoms with Gasteiger partial charge in [-0.25, -0.2) is 4.79 Å². The Labute approximate surface area is 266 Å². The van der Waals surface area contributed by atoms with Gasteiger partial charge in [0.2, 0.25) is 11.6 Å². The number of carbonyl (C=O) groups is 3. The highest BCUT2D eigenvalue weighted by atomic mass is 16.7. The average Bonchev–Trinajstić information content (AvgIpc) is 3.36. The lowest BCUT2D eigenvalue weighted by molar-refractivity contribution is -0.176. The third-order valence-electron chi connectivity index (χ3n) is 9.87. The number of fused-ring (bicyclic) bond motifs is 3. The molecule has 0 radical (unpaired) electrons. The van der Waals surface area contributed by atoms with Gasteiger partial charge in [-0.15, -0.1) is 0 Å². The van der Waals surface area contributed by atoms with Gasteiger partial charge >= 0.3 is 5.97 Å². The largest absolute Gasteiger partial charge is 0.343 e. The highest BCUT2D eigenvalue weighted by Gasteiger charge is 2.44. The number of hydrogen-bond donors (Lipinski definition) is 0. The van der Waals surface area contributed by atoms with E-state index >= 15 is 0 Å². The summed E-state index contributed by atoms with van der Waals surface area (Å²) in [5.41, 5.74) is 5.61. The molecular weight excluding hydrogens is 566 g/mol. The van der Waals surface area contributed by atoms with Crippen LogP contribution in [0.25, 0.3) is 11.1 Å². The van der Waals surface area contributed by atoms with Crippen LogP contribution in [0.1, 0.15) is 110 Å². The van der Waals surface area contributed by atoms with Gasteiger partial charge in [0.1, 0.15) is 5.71 Å². The first-order chi connectivity index (χ1) is 21.7. The average molecular weight is 610 g/mol. The molecule has 236 valence electrons. The van der Waals surface area contributed by atoms with Gasteiger partial charge in [-0.1, -0.05) is 106 Å². The molecular formula is C38H43NO6. The summed E-state index contributed by atoms with van der Waals surface area (Å²) in [6.07, 6.45) is 7.71. The molecule has 1 fully saturated rings. The zero-order chi connectivity index (χ0) is 32.2. The van der Waals surface area contributed by atoms with Gasteiger partial charge in [0.05, 0.1) is 0 Å². The summed E-state index contributed by atoms with van der Waals surface area (Å²) < 4.78 is 11.6. The SMILES string of the molecule is CCC1(CC)c2ccc(C(=O)/C(CC3CCCCC3)=N/OC(C)=O)cc2-c2cc(C(=O)C(OC)(OC)c3ccccc3)ccc21. The summed E-state index contributed by atoms with van der Waals surface area (Å²) in [4.78, 5) is 44.8. The quantitative estimate of drug-likeness (QED) is 0.0676. The minimum absolute atomic E-state index is 0.245. The molecule has 45 heavy (non-hydrogen) atoms. The van der Waals surface area contributed by atoms with Crippen LogP contribution < -0.4 is 0 Å². The third-order valence-corrected chi connectivity index (χ3v) is 9.87. The van der Waals surface area contributed by atoms with Crippen LogP contribution in [0.2, 0.25) is 0 Å². The van der Waals surface area contributed by atoms with Crippen molar-refractivity contribution in [2.45, 2.75) is 83.3 Å². The Bertz CT molecular complexity index is 1590. The van der Waals surface area contributed by atoms with Crippen molar-refractivity contribution in [2.24, 2.45) is 11.1 Å². The lowest BCUT2D eigenvalue weighted by atomic mass is 9.73. The van der Waals surface area contributed by atoms with Crippen LogP contribution in [-0.2, 0) is 30.3 Å². The fraction of sp³-hybridized carbons (Fsp3) is 0.421. The van der Waals surface area contributed by atoms with Crippen molar-refractivity contribution in [3.05, 3.63) is 94.5 Å². The summed E-state index contributed by atoms with van der Waals surface area (Å²) in [7, 11) is 2.94. The van der Waals surface area contributed by atoms with Crippen molar-refractivity contribution in [1.82, 2.24) is 0 Å². The molecule has 0 amide bonds. The highest BCUT2D eigenvalue weighted by molar-refractivity contribution is 6.46. The molecule has 0 saturated heterocycles. The maximum atomic E-state index is 14.2. The zero-order valence-corrected chi connectivity index (χ0v) is 27.0. The first-order valence-electron chi connectivity index (χ1n) is 16.0. The Morgan fingerprint density at radius 1 is 0.822 bits per heavy atom. The predicted molar refractivity (Wildman–Crippen MR) is 174 cm³/mol. The number of methoxy groups -OCH3 is 2. The van der Waals surface area contributed by atoms with E-state index in [0.29, 0.717) is 29.0 Å². The van der Waals surface area contributed by atoms with Crippen molar-refractivity contribution in [1.29, 1.82) is 0 Å². The van der Waals surface area contributed by atoms with E-state index in [2.05, 4.69) is 19.0 Å². The van der Waals surface area contributed by atoms with Gasteiger partial charge in [0.15, 0.2) is 0 Å². The zero-order valence-electron chi connectivity index (χ0n) is 27.0. The van der Waals surface area contributed by atoms with E-state index in [-0.39, 0.29) is 22.7 Å². The minimum Gasteiger partial charge on any atom is -0.343 e. The second-order valence-electron chi connectivity index (χ2n) is 12.2. The Hall–Kier alpha value is -3.94. The van der Waals surface area contributed by atoms with E-state index in [0.717, 1.165) is 60.8 Å². The van der Waals surface area contributed by atoms with E-state index in [4.69, 9.17) is 14.3 Å². The molecule has 7 nitrogen and oxygen atoms in total. The Balaban J connectivity index is 1.59. The lowest BCUT2D eigenvalue weighted by Crippen LogP contribution is -2.40. The Kier molecular flexibility index (Phi) is 9.80. The highest BCUT2D eigenvalue weighted by Crippen LogP contribution is 2.53. The molecule has 0 aliphatic heterocycles. The molecule has 0 bridgehead atoms. The summed E-state index contributed by atoms with van der Waals surface area (Å²) in [6, 6.07) is 20.8. The molecule has 3 aromatic rings. The maximum Gasteiger partial charge on any atom is 0.331 e. The van der Waals surface area contributed by atoms with Crippen molar-refractivity contribution < 1.29 is 28.7 Å². The van der Waals surface area contributed by atoms with Crippen LogP contribution in [0.5, 0.6) is 0 Å². The standard InChI is InChI=1S/C38H43NO6/c1-6-37(7-2)32-20-18-27(35(41)34(39-45-25(3)40)22-26-14-10-8-11-15-26)23-30(32)31-24-28(19-21-33(31)37)36(42)38(43-4,44-5)29-16-12-9-13-17-29/h9,12-13,16-21,23-24,26H,6-8,10-11,14-15,22H2,1-5H3/b39-34+. The second kappa shape index (κ2) is 13.6. The van der Waals surface area contributed by atoms with Crippen LogP contribution in [0.15, 0.2) is 71.9 Å². The first-order valence-corrected chi connectivity index (χ1v) is 16.0. The van der Waals surface area contributed by atoms with Gasteiger partial charge in [0.25, 0.3) is 5.79 Å². The van der Waals surface area contributed by atoms with Crippen molar-refractivity contribution >= 4 is 23.2 Å². The number of nitrogens with zero attached hydrogens (tertiary/aromatic N) is 1. The topological polar surface area (TPSA) is 91.3 Å². The second-order valence-corrected chi connectivity index (χ2v) is 12.2. The number of hydrogen-bond acceptors (Lipinski definition) is 7. The molecule has 7 heteroatoms. The molecule has 0 N–H and O–H groups in total. The Morgan fingerprint density at radius 2 is 1.40 bits per heavy atom. The molecule has 0 spiro atoms. The molecule has 5 rings (SSSR count). The van der Waals surface area contributed by atoms with E-state index in [1.54, 1.807) is 0 Å². The predicted octanol–water partition coefficient (Wildman–Crippen LogP) is 8.17. The van der Waals surface area contributed by atoms with E-state index in [1.165, 1.54) is 27.6 Å². The minimum atomic E-state index is -1.61. The van der Waals surface area contributed by atoms with E-state index in [9.17, 15) is 14.4 Å². The number of benzene rings is 3. The van der Waals surface area contributed by atoms with Crippen LogP contribution in [0, 0.1) is 5.92 Å². The molecule has 0 aromatic heterocycles. The van der Waals surface area contributed by atoms with Crippen LogP contribution in [0.3, 0.4) is 0 Å². The van der Waals surface area contributed by atoms with Gasteiger partial charge in [-0.2, -0.15) is 0 Å². The van der Waals surface area contributed by atoms with Crippen LogP contribution in [0.4, 0.5) is 0 Å². The van der Waals surface area contributed by atoms with Crippen LogP contribution >= 0.6 is 0 Å². The van der Waals surface area contributed by atoms with E-state index < -0.39 is 11.8 Å². The normalized spacial score (nSPS) is 16.2. The summed E-state index contributed by atoms with van der Waals surface area (Å²) in [6.45, 7) is 5.63. The van der Waals surface area contributed by atoms with Gasteiger partial charge < -0.3 is 14.3 Å². The molecule has 2 aliphatic carbocycles. The number of carbonyl (C=O) groups excluding carboxylic acids is 3. The summed E-state index contributed by atoms with van der Waals surface area (Å²) >= 11 is 0. The smallest absolute Gasteiger partial charge is 0.331 e. The van der Waals surface area contributed by atoms with Gasteiger partial charge in [-0.05, 0) is 59.6 Å². The number of Topliss-reactive ketones (excluding diaryl/α,β-unsaturated/α-hetero) is 2. The number of oxime groups is 1. The number of ketones is 2. The van der Waals surface area contributed by atoms with Gasteiger partial charge in [-0.3, -0.25) is 9.59 Å². The van der Waals surface area contributed by atoms with Gasteiger partial charge in [0, 0.05) is 43.2 Å². The molecule has 0 heterocycles. The number of rotatable bonds is 12. The Morgan fingerprint density at radius 3 is 1.96 bits per heavy atom. The van der Waals surface area contributed by atoms with Crippen molar-refractivity contribution in [2.75, 3.05) is 14.2 Å². The monoisotopic (exact) mass is 609 g/mol. The molecule has 0 atom stereocenters. The first kappa shape index (κ1) is 32.5. The molecule has 3 aromatic carbocycles. The molecule has 1 saturated carbocycles. The summed E-state index contributed by atoms with van der Waals surface area (Å²) in [5.74, 6) is -2.39. The molecule has 0 unspecified atom stereocenters. The third kappa shape index (κ3) is 5.91. The fourth-order valence-corrected chi connectivity index (χ4v) is 7.41. The maximum absolute atomic E-state index is 14.2. The van der Waals surface area contributed by atoms with Crippen LogP contribution in [-0.4, -0.2) is 37.5 Å².